The lowest BCUT2D eigenvalue weighted by Crippen LogP contribution is -2.16. The van der Waals surface area contributed by atoms with Gasteiger partial charge in [-0.15, -0.1) is 0 Å². The van der Waals surface area contributed by atoms with E-state index in [1.54, 1.807) is 0 Å². The lowest BCUT2D eigenvalue weighted by atomic mass is 10.3. The second kappa shape index (κ2) is 7.38. The van der Waals surface area contributed by atoms with E-state index >= 15 is 0 Å². The number of para-hydroxylation sites is 1. The van der Waals surface area contributed by atoms with Gasteiger partial charge in [0.15, 0.2) is 0 Å². The standard InChI is InChI=1S/C15H19N3O/c1-2-19-12-6-10-16-13-14-9-11-18(17-14)15-7-4-3-5-8-15/h2-5,7-9,11,16H,1,6,10,12-13H2. The SMILES string of the molecule is C=COCCCNCc1ccn(-c2ccccc2)n1. The van der Waals surface area contributed by atoms with E-state index in [1.807, 2.05) is 47.3 Å². The summed E-state index contributed by atoms with van der Waals surface area (Å²) >= 11 is 0. The van der Waals surface area contributed by atoms with Crippen molar-refractivity contribution in [3.8, 4) is 5.69 Å². The molecule has 2 rings (SSSR count). The van der Waals surface area contributed by atoms with Gasteiger partial charge in [0.25, 0.3) is 0 Å². The maximum absolute atomic E-state index is 5.05. The Morgan fingerprint density at radius 1 is 1.26 bits per heavy atom. The van der Waals surface area contributed by atoms with Crippen molar-refractivity contribution in [1.82, 2.24) is 15.1 Å². The number of benzene rings is 1. The van der Waals surface area contributed by atoms with Crippen LogP contribution in [0.2, 0.25) is 0 Å². The summed E-state index contributed by atoms with van der Waals surface area (Å²) in [6.45, 7) is 5.89. The topological polar surface area (TPSA) is 39.1 Å². The minimum Gasteiger partial charge on any atom is -0.502 e. The molecule has 0 amide bonds. The quantitative estimate of drug-likeness (QED) is 0.583. The molecule has 4 nitrogen and oxygen atoms in total. The smallest absolute Gasteiger partial charge is 0.0885 e. The molecule has 1 heterocycles. The van der Waals surface area contributed by atoms with Crippen LogP contribution in [-0.2, 0) is 11.3 Å². The third-order valence-electron chi connectivity index (χ3n) is 2.70. The Bertz CT molecular complexity index is 493. The number of aromatic nitrogens is 2. The number of nitrogens with one attached hydrogen (secondary N) is 1. The molecule has 1 N–H and O–H groups in total. The highest BCUT2D eigenvalue weighted by molar-refractivity contribution is 5.30. The van der Waals surface area contributed by atoms with Crippen LogP contribution in [0.4, 0.5) is 0 Å². The predicted octanol–water partition coefficient (Wildman–Crippen LogP) is 2.51. The third kappa shape index (κ3) is 4.26. The summed E-state index contributed by atoms with van der Waals surface area (Å²) in [5.74, 6) is 0. The van der Waals surface area contributed by atoms with E-state index in [0.717, 1.165) is 30.9 Å². The third-order valence-corrected chi connectivity index (χ3v) is 2.70. The Morgan fingerprint density at radius 2 is 2.11 bits per heavy atom. The van der Waals surface area contributed by atoms with Crippen molar-refractivity contribution in [2.75, 3.05) is 13.2 Å². The number of rotatable bonds is 8. The molecule has 0 unspecified atom stereocenters. The van der Waals surface area contributed by atoms with Crippen LogP contribution in [0.15, 0.2) is 55.4 Å². The van der Waals surface area contributed by atoms with Crippen LogP contribution in [0, 0.1) is 0 Å². The summed E-state index contributed by atoms with van der Waals surface area (Å²) < 4.78 is 6.94. The average molecular weight is 257 g/mol. The first-order valence-corrected chi connectivity index (χ1v) is 6.43. The molecule has 0 fully saturated rings. The molecule has 0 aliphatic heterocycles. The van der Waals surface area contributed by atoms with Crippen LogP contribution in [0.25, 0.3) is 5.69 Å². The Kier molecular flexibility index (Phi) is 5.19. The molecule has 4 heteroatoms. The van der Waals surface area contributed by atoms with Gasteiger partial charge in [-0.1, -0.05) is 24.8 Å². The highest BCUT2D eigenvalue weighted by atomic mass is 16.5. The molecule has 2 aromatic rings. The number of ether oxygens (including phenoxy) is 1. The molecular weight excluding hydrogens is 238 g/mol. The van der Waals surface area contributed by atoms with Crippen LogP contribution >= 0.6 is 0 Å². The van der Waals surface area contributed by atoms with Gasteiger partial charge in [0.2, 0.25) is 0 Å². The fraction of sp³-hybridized carbons (Fsp3) is 0.267. The summed E-state index contributed by atoms with van der Waals surface area (Å²) in [5.41, 5.74) is 2.11. The van der Waals surface area contributed by atoms with Crippen molar-refractivity contribution in [3.05, 3.63) is 61.1 Å². The van der Waals surface area contributed by atoms with Crippen LogP contribution in [0.3, 0.4) is 0 Å². The zero-order valence-corrected chi connectivity index (χ0v) is 11.0. The molecule has 0 spiro atoms. The molecule has 1 aromatic heterocycles. The lowest BCUT2D eigenvalue weighted by molar-refractivity contribution is 0.244. The summed E-state index contributed by atoms with van der Waals surface area (Å²) in [6.07, 6.45) is 4.42. The normalized spacial score (nSPS) is 10.3. The molecule has 0 bridgehead atoms. The molecule has 0 saturated carbocycles. The van der Waals surface area contributed by atoms with Crippen molar-refractivity contribution in [2.45, 2.75) is 13.0 Å². The van der Waals surface area contributed by atoms with Gasteiger partial charge in [0.1, 0.15) is 0 Å². The average Bonchev–Trinajstić information content (AvgIpc) is 2.92. The van der Waals surface area contributed by atoms with Crippen LogP contribution in [0.5, 0.6) is 0 Å². The molecule has 0 aliphatic carbocycles. The molecule has 0 aliphatic rings. The molecule has 100 valence electrons. The minimum absolute atomic E-state index is 0.703. The van der Waals surface area contributed by atoms with E-state index < -0.39 is 0 Å². The summed E-state index contributed by atoms with van der Waals surface area (Å²) in [4.78, 5) is 0. The van der Waals surface area contributed by atoms with Crippen molar-refractivity contribution in [3.63, 3.8) is 0 Å². The minimum atomic E-state index is 0.703. The fourth-order valence-corrected chi connectivity index (χ4v) is 1.76. The Hall–Kier alpha value is -2.07. The van der Waals surface area contributed by atoms with Gasteiger partial charge in [0.05, 0.1) is 24.3 Å². The highest BCUT2D eigenvalue weighted by Crippen LogP contribution is 2.06. The molecular formula is C15H19N3O. The van der Waals surface area contributed by atoms with Crippen LogP contribution in [0.1, 0.15) is 12.1 Å². The van der Waals surface area contributed by atoms with Crippen molar-refractivity contribution in [2.24, 2.45) is 0 Å². The first kappa shape index (κ1) is 13.4. The maximum atomic E-state index is 5.05. The summed E-state index contributed by atoms with van der Waals surface area (Å²) in [6, 6.07) is 12.1. The van der Waals surface area contributed by atoms with E-state index in [0.29, 0.717) is 6.61 Å². The van der Waals surface area contributed by atoms with Gasteiger partial charge in [-0.25, -0.2) is 4.68 Å². The van der Waals surface area contributed by atoms with Gasteiger partial charge in [-0.2, -0.15) is 5.10 Å². The maximum Gasteiger partial charge on any atom is 0.0885 e. The Balaban J connectivity index is 1.77. The summed E-state index contributed by atoms with van der Waals surface area (Å²) in [5, 5.41) is 7.86. The number of hydrogen-bond donors (Lipinski definition) is 1. The van der Waals surface area contributed by atoms with Gasteiger partial charge in [-0.3, -0.25) is 0 Å². The van der Waals surface area contributed by atoms with E-state index in [9.17, 15) is 0 Å². The van der Waals surface area contributed by atoms with Crippen LogP contribution in [-0.4, -0.2) is 22.9 Å². The number of nitrogens with zero attached hydrogens (tertiary/aromatic N) is 2. The van der Waals surface area contributed by atoms with E-state index in [2.05, 4.69) is 17.0 Å². The second-order valence-corrected chi connectivity index (χ2v) is 4.15. The first-order chi connectivity index (χ1) is 9.40. The molecule has 19 heavy (non-hydrogen) atoms. The Morgan fingerprint density at radius 3 is 2.89 bits per heavy atom. The lowest BCUT2D eigenvalue weighted by Gasteiger charge is -2.03. The number of hydrogen-bond acceptors (Lipinski definition) is 3. The first-order valence-electron chi connectivity index (χ1n) is 6.43. The van der Waals surface area contributed by atoms with Crippen molar-refractivity contribution < 1.29 is 4.74 Å². The second-order valence-electron chi connectivity index (χ2n) is 4.15. The van der Waals surface area contributed by atoms with E-state index in [-0.39, 0.29) is 0 Å². The van der Waals surface area contributed by atoms with Crippen LogP contribution < -0.4 is 5.32 Å². The molecule has 1 aromatic carbocycles. The van der Waals surface area contributed by atoms with Gasteiger partial charge in [-0.05, 0) is 31.2 Å². The zero-order chi connectivity index (χ0) is 13.3. The van der Waals surface area contributed by atoms with E-state index in [4.69, 9.17) is 4.74 Å². The molecule has 0 saturated heterocycles. The van der Waals surface area contributed by atoms with Gasteiger partial charge in [0, 0.05) is 12.7 Å². The van der Waals surface area contributed by atoms with Crippen molar-refractivity contribution >= 4 is 0 Å². The zero-order valence-electron chi connectivity index (χ0n) is 11.0. The van der Waals surface area contributed by atoms with Crippen molar-refractivity contribution in [1.29, 1.82) is 0 Å². The highest BCUT2D eigenvalue weighted by Gasteiger charge is 2.00. The Labute approximate surface area is 113 Å². The van der Waals surface area contributed by atoms with E-state index in [1.165, 1.54) is 6.26 Å². The fourth-order valence-electron chi connectivity index (χ4n) is 1.76. The predicted molar refractivity (Wildman–Crippen MR) is 76.0 cm³/mol. The van der Waals surface area contributed by atoms with Gasteiger partial charge >= 0.3 is 0 Å². The largest absolute Gasteiger partial charge is 0.502 e. The summed E-state index contributed by atoms with van der Waals surface area (Å²) in [7, 11) is 0. The molecule has 0 atom stereocenters. The van der Waals surface area contributed by atoms with Gasteiger partial charge < -0.3 is 10.1 Å². The molecule has 0 radical (unpaired) electrons. The monoisotopic (exact) mass is 257 g/mol.